The van der Waals surface area contributed by atoms with Crippen molar-refractivity contribution in [2.24, 2.45) is 0 Å². The van der Waals surface area contributed by atoms with Gasteiger partial charge in [0.15, 0.2) is 0 Å². The second-order valence-electron chi connectivity index (χ2n) is 5.86. The van der Waals surface area contributed by atoms with E-state index in [0.717, 1.165) is 22.1 Å². The molecule has 0 aromatic heterocycles. The summed E-state index contributed by atoms with van der Waals surface area (Å²) in [6, 6.07) is 19.0. The SMILES string of the molecule is COc1ccc(OC)c(C(C)NC(=O)c2ccc3ccccc3c2)c1. The molecule has 1 atom stereocenters. The van der Waals surface area contributed by atoms with E-state index in [1.54, 1.807) is 14.2 Å². The molecule has 3 aromatic carbocycles. The van der Waals surface area contributed by atoms with Gasteiger partial charge in [-0.2, -0.15) is 0 Å². The van der Waals surface area contributed by atoms with Gasteiger partial charge >= 0.3 is 0 Å². The number of benzene rings is 3. The summed E-state index contributed by atoms with van der Waals surface area (Å²) in [6.07, 6.45) is 0. The zero-order valence-corrected chi connectivity index (χ0v) is 14.6. The third kappa shape index (κ3) is 3.58. The second kappa shape index (κ2) is 7.26. The van der Waals surface area contributed by atoms with Crippen LogP contribution in [0.3, 0.4) is 0 Å². The summed E-state index contributed by atoms with van der Waals surface area (Å²) in [5.41, 5.74) is 1.50. The minimum atomic E-state index is -0.218. The van der Waals surface area contributed by atoms with Crippen LogP contribution in [0.1, 0.15) is 28.9 Å². The van der Waals surface area contributed by atoms with Gasteiger partial charge in [0.1, 0.15) is 11.5 Å². The van der Waals surface area contributed by atoms with Crippen LogP contribution >= 0.6 is 0 Å². The van der Waals surface area contributed by atoms with Gasteiger partial charge in [-0.3, -0.25) is 4.79 Å². The van der Waals surface area contributed by atoms with E-state index in [1.807, 2.05) is 67.6 Å². The number of carbonyl (C=O) groups excluding carboxylic acids is 1. The Balaban J connectivity index is 1.84. The first kappa shape index (κ1) is 16.8. The fourth-order valence-corrected chi connectivity index (χ4v) is 2.87. The van der Waals surface area contributed by atoms with E-state index in [4.69, 9.17) is 9.47 Å². The van der Waals surface area contributed by atoms with Crippen molar-refractivity contribution >= 4 is 16.7 Å². The van der Waals surface area contributed by atoms with Crippen LogP contribution in [0.5, 0.6) is 11.5 Å². The Hall–Kier alpha value is -3.01. The van der Waals surface area contributed by atoms with E-state index < -0.39 is 0 Å². The largest absolute Gasteiger partial charge is 0.497 e. The normalized spacial score (nSPS) is 11.8. The van der Waals surface area contributed by atoms with E-state index in [2.05, 4.69) is 5.32 Å². The summed E-state index contributed by atoms with van der Waals surface area (Å²) < 4.78 is 10.7. The first-order valence-electron chi connectivity index (χ1n) is 8.14. The summed E-state index contributed by atoms with van der Waals surface area (Å²) >= 11 is 0. The summed E-state index contributed by atoms with van der Waals surface area (Å²) in [5, 5.41) is 5.18. The van der Waals surface area contributed by atoms with Gasteiger partial charge in [-0.05, 0) is 48.0 Å². The molecule has 0 spiro atoms. The van der Waals surface area contributed by atoms with Crippen molar-refractivity contribution in [2.75, 3.05) is 14.2 Å². The van der Waals surface area contributed by atoms with Gasteiger partial charge in [0, 0.05) is 11.1 Å². The molecule has 0 radical (unpaired) electrons. The van der Waals surface area contributed by atoms with Crippen LogP contribution in [-0.4, -0.2) is 20.1 Å². The van der Waals surface area contributed by atoms with Crippen molar-refractivity contribution in [1.29, 1.82) is 0 Å². The van der Waals surface area contributed by atoms with Crippen molar-refractivity contribution in [3.63, 3.8) is 0 Å². The standard InChI is InChI=1S/C21H21NO3/c1-14(19-13-18(24-2)10-11-20(19)25-3)22-21(23)17-9-8-15-6-4-5-7-16(15)12-17/h4-14H,1-3H3,(H,22,23). The number of carbonyl (C=O) groups is 1. The minimum Gasteiger partial charge on any atom is -0.497 e. The van der Waals surface area contributed by atoms with Crippen LogP contribution in [0, 0.1) is 0 Å². The first-order chi connectivity index (χ1) is 12.1. The van der Waals surface area contributed by atoms with Gasteiger partial charge in [0.2, 0.25) is 0 Å². The van der Waals surface area contributed by atoms with E-state index in [9.17, 15) is 4.79 Å². The Morgan fingerprint density at radius 3 is 2.40 bits per heavy atom. The number of methoxy groups -OCH3 is 2. The molecular formula is C21H21NO3. The fraction of sp³-hybridized carbons (Fsp3) is 0.190. The molecule has 25 heavy (non-hydrogen) atoms. The topological polar surface area (TPSA) is 47.6 Å². The smallest absolute Gasteiger partial charge is 0.251 e. The molecular weight excluding hydrogens is 314 g/mol. The molecule has 3 aromatic rings. The molecule has 0 saturated heterocycles. The maximum atomic E-state index is 12.6. The molecule has 3 rings (SSSR count). The number of ether oxygens (including phenoxy) is 2. The van der Waals surface area contributed by atoms with Crippen LogP contribution < -0.4 is 14.8 Å². The molecule has 1 unspecified atom stereocenters. The monoisotopic (exact) mass is 335 g/mol. The lowest BCUT2D eigenvalue weighted by Crippen LogP contribution is -2.27. The van der Waals surface area contributed by atoms with Crippen LogP contribution in [0.25, 0.3) is 10.8 Å². The maximum Gasteiger partial charge on any atom is 0.251 e. The molecule has 128 valence electrons. The molecule has 0 aliphatic heterocycles. The lowest BCUT2D eigenvalue weighted by atomic mass is 10.0. The van der Waals surface area contributed by atoms with Crippen molar-refractivity contribution in [3.8, 4) is 11.5 Å². The highest BCUT2D eigenvalue weighted by atomic mass is 16.5. The van der Waals surface area contributed by atoms with Crippen molar-refractivity contribution < 1.29 is 14.3 Å². The van der Waals surface area contributed by atoms with Crippen LogP contribution in [0.15, 0.2) is 60.7 Å². The maximum absolute atomic E-state index is 12.6. The quantitative estimate of drug-likeness (QED) is 0.754. The number of hydrogen-bond acceptors (Lipinski definition) is 3. The van der Waals surface area contributed by atoms with Gasteiger partial charge in [-0.1, -0.05) is 30.3 Å². The Labute approximate surface area is 147 Å². The van der Waals surface area contributed by atoms with Gasteiger partial charge in [-0.15, -0.1) is 0 Å². The second-order valence-corrected chi connectivity index (χ2v) is 5.86. The molecule has 1 N–H and O–H groups in total. The zero-order chi connectivity index (χ0) is 17.8. The highest BCUT2D eigenvalue weighted by Crippen LogP contribution is 2.29. The Kier molecular flexibility index (Phi) is 4.89. The van der Waals surface area contributed by atoms with Crippen molar-refractivity contribution in [3.05, 3.63) is 71.8 Å². The Morgan fingerprint density at radius 1 is 0.920 bits per heavy atom. The number of hydrogen-bond donors (Lipinski definition) is 1. The fourth-order valence-electron chi connectivity index (χ4n) is 2.87. The first-order valence-corrected chi connectivity index (χ1v) is 8.14. The Morgan fingerprint density at radius 2 is 1.68 bits per heavy atom. The highest BCUT2D eigenvalue weighted by Gasteiger charge is 2.16. The number of amides is 1. The number of nitrogens with one attached hydrogen (secondary N) is 1. The predicted octanol–water partition coefficient (Wildman–Crippen LogP) is 4.35. The lowest BCUT2D eigenvalue weighted by molar-refractivity contribution is 0.0939. The summed E-state index contributed by atoms with van der Waals surface area (Å²) in [6.45, 7) is 1.93. The van der Waals surface area contributed by atoms with E-state index in [0.29, 0.717) is 11.3 Å². The van der Waals surface area contributed by atoms with Crippen molar-refractivity contribution in [2.45, 2.75) is 13.0 Å². The van der Waals surface area contributed by atoms with Crippen molar-refractivity contribution in [1.82, 2.24) is 5.32 Å². The lowest BCUT2D eigenvalue weighted by Gasteiger charge is -2.18. The molecule has 4 heteroatoms. The van der Waals surface area contributed by atoms with Crippen LogP contribution in [0.2, 0.25) is 0 Å². The highest BCUT2D eigenvalue weighted by molar-refractivity contribution is 5.98. The molecule has 0 bridgehead atoms. The molecule has 0 fully saturated rings. The molecule has 0 aliphatic carbocycles. The number of rotatable bonds is 5. The van der Waals surface area contributed by atoms with Crippen LogP contribution in [0.4, 0.5) is 0 Å². The van der Waals surface area contributed by atoms with E-state index in [-0.39, 0.29) is 11.9 Å². The Bertz CT molecular complexity index is 905. The average molecular weight is 335 g/mol. The predicted molar refractivity (Wildman–Crippen MR) is 99.4 cm³/mol. The molecule has 0 heterocycles. The molecule has 0 saturated carbocycles. The van der Waals surface area contributed by atoms with Crippen LogP contribution in [-0.2, 0) is 0 Å². The third-order valence-corrected chi connectivity index (χ3v) is 4.26. The van der Waals surface area contributed by atoms with Gasteiger partial charge in [0.05, 0.1) is 20.3 Å². The zero-order valence-electron chi connectivity index (χ0n) is 14.6. The number of fused-ring (bicyclic) bond motifs is 1. The summed E-state index contributed by atoms with van der Waals surface area (Å²) in [7, 11) is 3.23. The average Bonchev–Trinajstić information content (AvgIpc) is 2.66. The molecule has 4 nitrogen and oxygen atoms in total. The molecule has 0 aliphatic rings. The van der Waals surface area contributed by atoms with E-state index in [1.165, 1.54) is 0 Å². The van der Waals surface area contributed by atoms with Gasteiger partial charge < -0.3 is 14.8 Å². The van der Waals surface area contributed by atoms with Gasteiger partial charge in [-0.25, -0.2) is 0 Å². The molecule has 1 amide bonds. The van der Waals surface area contributed by atoms with E-state index >= 15 is 0 Å². The summed E-state index contributed by atoms with van der Waals surface area (Å²) in [4.78, 5) is 12.6. The summed E-state index contributed by atoms with van der Waals surface area (Å²) in [5.74, 6) is 1.32. The minimum absolute atomic E-state index is 0.122. The van der Waals surface area contributed by atoms with Gasteiger partial charge in [0.25, 0.3) is 5.91 Å². The third-order valence-electron chi connectivity index (χ3n) is 4.26.